The molecular weight excluding hydrogens is 294 g/mol. The fraction of sp³-hybridized carbons (Fsp3) is 0.227. The summed E-state index contributed by atoms with van der Waals surface area (Å²) in [6, 6.07) is 20.8. The Balaban J connectivity index is 1.76. The van der Waals surface area contributed by atoms with Crippen molar-refractivity contribution >= 4 is 16.7 Å². The smallest absolute Gasteiger partial charge is 0.227 e. The number of likely N-dealkylation sites (N-methyl/N-ethyl adjacent to an activating group) is 1. The Hall–Kier alpha value is -2.61. The van der Waals surface area contributed by atoms with E-state index in [4.69, 9.17) is 0 Å². The van der Waals surface area contributed by atoms with Crippen molar-refractivity contribution in [3.05, 3.63) is 82.9 Å². The Bertz CT molecular complexity index is 877. The van der Waals surface area contributed by atoms with Gasteiger partial charge in [0.05, 0.1) is 6.42 Å². The lowest BCUT2D eigenvalue weighted by Crippen LogP contribution is -2.28. The van der Waals surface area contributed by atoms with Gasteiger partial charge in [-0.05, 0) is 41.3 Å². The third-order valence-electron chi connectivity index (χ3n) is 4.55. The summed E-state index contributed by atoms with van der Waals surface area (Å²) in [6.45, 7) is 4.84. The molecule has 0 aliphatic heterocycles. The second-order valence-electron chi connectivity index (χ2n) is 6.49. The maximum Gasteiger partial charge on any atom is 0.227 e. The number of rotatable bonds is 4. The monoisotopic (exact) mass is 317 g/mol. The molecule has 0 saturated heterocycles. The molecule has 3 aromatic carbocycles. The molecule has 0 bridgehead atoms. The van der Waals surface area contributed by atoms with E-state index >= 15 is 0 Å². The first-order valence-electron chi connectivity index (χ1n) is 8.31. The number of amides is 1. The van der Waals surface area contributed by atoms with Gasteiger partial charge in [-0.1, -0.05) is 66.2 Å². The maximum absolute atomic E-state index is 12.7. The van der Waals surface area contributed by atoms with E-state index in [1.54, 1.807) is 0 Å². The van der Waals surface area contributed by atoms with E-state index in [1.807, 2.05) is 36.2 Å². The van der Waals surface area contributed by atoms with Crippen LogP contribution in [0.3, 0.4) is 0 Å². The van der Waals surface area contributed by atoms with Crippen molar-refractivity contribution in [3.8, 4) is 0 Å². The van der Waals surface area contributed by atoms with Crippen LogP contribution in [-0.4, -0.2) is 17.9 Å². The number of fused-ring (bicyclic) bond motifs is 1. The Morgan fingerprint density at radius 2 is 1.67 bits per heavy atom. The molecule has 1 amide bonds. The zero-order valence-corrected chi connectivity index (χ0v) is 14.5. The molecule has 0 spiro atoms. The molecule has 3 rings (SSSR count). The van der Waals surface area contributed by atoms with Gasteiger partial charge in [0.15, 0.2) is 0 Å². The zero-order valence-electron chi connectivity index (χ0n) is 14.5. The van der Waals surface area contributed by atoms with E-state index in [-0.39, 0.29) is 5.91 Å². The molecular formula is C22H23NO. The van der Waals surface area contributed by atoms with Crippen molar-refractivity contribution in [2.24, 2.45) is 0 Å². The predicted molar refractivity (Wildman–Crippen MR) is 100 cm³/mol. The van der Waals surface area contributed by atoms with Crippen LogP contribution in [0.2, 0.25) is 0 Å². The highest BCUT2D eigenvalue weighted by Gasteiger charge is 2.13. The second-order valence-corrected chi connectivity index (χ2v) is 6.49. The molecule has 24 heavy (non-hydrogen) atoms. The van der Waals surface area contributed by atoms with Crippen LogP contribution in [0, 0.1) is 13.8 Å². The van der Waals surface area contributed by atoms with Crippen LogP contribution < -0.4 is 0 Å². The van der Waals surface area contributed by atoms with E-state index < -0.39 is 0 Å². The summed E-state index contributed by atoms with van der Waals surface area (Å²) in [5, 5.41) is 2.34. The molecule has 0 unspecified atom stereocenters. The van der Waals surface area contributed by atoms with E-state index in [2.05, 4.69) is 50.2 Å². The molecule has 0 aromatic heterocycles. The van der Waals surface area contributed by atoms with Crippen molar-refractivity contribution in [1.82, 2.24) is 4.90 Å². The Morgan fingerprint density at radius 1 is 0.917 bits per heavy atom. The summed E-state index contributed by atoms with van der Waals surface area (Å²) in [7, 11) is 1.88. The van der Waals surface area contributed by atoms with Crippen LogP contribution >= 0.6 is 0 Å². The fourth-order valence-corrected chi connectivity index (χ4v) is 3.11. The quantitative estimate of drug-likeness (QED) is 0.685. The number of benzene rings is 3. The standard InChI is InChI=1S/C22H23NO/c1-16-11-12-20(17(2)13-16)15-23(3)22(24)14-19-9-6-8-18-7-4-5-10-21(18)19/h4-13H,14-15H2,1-3H3. The first kappa shape index (κ1) is 16.3. The molecule has 0 atom stereocenters. The zero-order chi connectivity index (χ0) is 17.1. The maximum atomic E-state index is 12.7. The number of carbonyl (C=O) groups excluding carboxylic acids is 1. The minimum atomic E-state index is 0.145. The first-order valence-corrected chi connectivity index (χ1v) is 8.31. The molecule has 0 N–H and O–H groups in total. The average Bonchev–Trinajstić information content (AvgIpc) is 2.57. The fourth-order valence-electron chi connectivity index (χ4n) is 3.11. The topological polar surface area (TPSA) is 20.3 Å². The lowest BCUT2D eigenvalue weighted by Gasteiger charge is -2.19. The Labute approximate surface area is 143 Å². The molecule has 0 heterocycles. The van der Waals surface area contributed by atoms with E-state index in [0.29, 0.717) is 13.0 Å². The largest absolute Gasteiger partial charge is 0.341 e. The molecule has 0 fully saturated rings. The lowest BCUT2D eigenvalue weighted by atomic mass is 10.0. The SMILES string of the molecule is Cc1ccc(CN(C)C(=O)Cc2cccc3ccccc23)c(C)c1. The van der Waals surface area contributed by atoms with Crippen LogP contribution in [0.15, 0.2) is 60.7 Å². The summed E-state index contributed by atoms with van der Waals surface area (Å²) in [6.07, 6.45) is 0.433. The molecule has 122 valence electrons. The van der Waals surface area contributed by atoms with Gasteiger partial charge in [-0.15, -0.1) is 0 Å². The first-order chi connectivity index (χ1) is 11.5. The lowest BCUT2D eigenvalue weighted by molar-refractivity contribution is -0.129. The van der Waals surface area contributed by atoms with Crippen molar-refractivity contribution < 1.29 is 4.79 Å². The highest BCUT2D eigenvalue weighted by atomic mass is 16.2. The van der Waals surface area contributed by atoms with Crippen LogP contribution in [0.1, 0.15) is 22.3 Å². The third kappa shape index (κ3) is 3.48. The minimum Gasteiger partial charge on any atom is -0.341 e. The molecule has 0 saturated carbocycles. The van der Waals surface area contributed by atoms with Crippen molar-refractivity contribution in [3.63, 3.8) is 0 Å². The van der Waals surface area contributed by atoms with Crippen LogP contribution in [0.5, 0.6) is 0 Å². The number of carbonyl (C=O) groups is 1. The van der Waals surface area contributed by atoms with Gasteiger partial charge in [0, 0.05) is 13.6 Å². The van der Waals surface area contributed by atoms with Gasteiger partial charge >= 0.3 is 0 Å². The van der Waals surface area contributed by atoms with Crippen LogP contribution in [0.25, 0.3) is 10.8 Å². The highest BCUT2D eigenvalue weighted by molar-refractivity contribution is 5.90. The van der Waals surface area contributed by atoms with Gasteiger partial charge in [0.2, 0.25) is 5.91 Å². The molecule has 2 nitrogen and oxygen atoms in total. The molecule has 3 aromatic rings. The van der Waals surface area contributed by atoms with Gasteiger partial charge in [-0.3, -0.25) is 4.79 Å². The Morgan fingerprint density at radius 3 is 2.46 bits per heavy atom. The number of hydrogen-bond acceptors (Lipinski definition) is 1. The van der Waals surface area contributed by atoms with Crippen molar-refractivity contribution in [2.45, 2.75) is 26.8 Å². The van der Waals surface area contributed by atoms with Crippen molar-refractivity contribution in [2.75, 3.05) is 7.05 Å². The molecule has 0 aliphatic carbocycles. The van der Waals surface area contributed by atoms with Gasteiger partial charge in [0.1, 0.15) is 0 Å². The molecule has 2 heteroatoms. The minimum absolute atomic E-state index is 0.145. The number of hydrogen-bond donors (Lipinski definition) is 0. The van der Waals surface area contributed by atoms with Gasteiger partial charge < -0.3 is 4.90 Å². The predicted octanol–water partition coefficient (Wildman–Crippen LogP) is 4.66. The number of aryl methyl sites for hydroxylation is 2. The summed E-state index contributed by atoms with van der Waals surface area (Å²) in [5.41, 5.74) is 4.78. The Kier molecular flexibility index (Phi) is 4.66. The average molecular weight is 317 g/mol. The molecule has 0 radical (unpaired) electrons. The molecule has 0 aliphatic rings. The highest BCUT2D eigenvalue weighted by Crippen LogP contribution is 2.20. The van der Waals surface area contributed by atoms with Crippen molar-refractivity contribution in [1.29, 1.82) is 0 Å². The van der Waals surface area contributed by atoms with E-state index in [9.17, 15) is 4.79 Å². The number of nitrogens with zero attached hydrogens (tertiary/aromatic N) is 1. The normalized spacial score (nSPS) is 10.8. The van der Waals surface area contributed by atoms with Gasteiger partial charge in [-0.25, -0.2) is 0 Å². The third-order valence-corrected chi connectivity index (χ3v) is 4.55. The van der Waals surface area contributed by atoms with Gasteiger partial charge in [-0.2, -0.15) is 0 Å². The van der Waals surface area contributed by atoms with E-state index in [1.165, 1.54) is 22.1 Å². The van der Waals surface area contributed by atoms with Crippen LogP contribution in [-0.2, 0) is 17.8 Å². The van der Waals surface area contributed by atoms with E-state index in [0.717, 1.165) is 10.9 Å². The van der Waals surface area contributed by atoms with Crippen LogP contribution in [0.4, 0.5) is 0 Å². The second kappa shape index (κ2) is 6.88. The summed E-state index contributed by atoms with van der Waals surface area (Å²) < 4.78 is 0. The summed E-state index contributed by atoms with van der Waals surface area (Å²) in [4.78, 5) is 14.5. The van der Waals surface area contributed by atoms with Gasteiger partial charge in [0.25, 0.3) is 0 Å². The summed E-state index contributed by atoms with van der Waals surface area (Å²) >= 11 is 0. The summed E-state index contributed by atoms with van der Waals surface area (Å²) in [5.74, 6) is 0.145.